The van der Waals surface area contributed by atoms with E-state index < -0.39 is 11.1 Å². The van der Waals surface area contributed by atoms with Gasteiger partial charge in [-0.3, -0.25) is 0 Å². The molecule has 1 aliphatic heterocycles. The van der Waals surface area contributed by atoms with Crippen LogP contribution in [-0.4, -0.2) is 15.4 Å². The minimum Gasteiger partial charge on any atom is -0.492 e. The van der Waals surface area contributed by atoms with Crippen LogP contribution in [0.3, 0.4) is 0 Å². The fourth-order valence-electron chi connectivity index (χ4n) is 1.32. The lowest BCUT2D eigenvalue weighted by molar-refractivity contribution is 0.348. The molecule has 3 nitrogen and oxygen atoms in total. The summed E-state index contributed by atoms with van der Waals surface area (Å²) in [5.41, 5.74) is 1.02. The van der Waals surface area contributed by atoms with Crippen molar-refractivity contribution in [3.05, 3.63) is 23.8 Å². The highest BCUT2D eigenvalue weighted by Crippen LogP contribution is 2.30. The smallest absolute Gasteiger partial charge is 0.190 e. The fourth-order valence-corrected chi connectivity index (χ4v) is 1.87. The van der Waals surface area contributed by atoms with Gasteiger partial charge in [0.25, 0.3) is 0 Å². The molecular weight excluding hydrogens is 176 g/mol. The Morgan fingerprint density at radius 1 is 1.50 bits per heavy atom. The second-order valence-corrected chi connectivity index (χ2v) is 3.53. The summed E-state index contributed by atoms with van der Waals surface area (Å²) in [6.07, 6.45) is 0.834. The molecule has 0 saturated carbocycles. The molecule has 12 heavy (non-hydrogen) atoms. The molecule has 0 saturated heterocycles. The average Bonchev–Trinajstić information content (AvgIpc) is 2.49. The first-order valence-electron chi connectivity index (χ1n) is 3.64. The molecule has 1 aromatic rings. The molecular formula is C8H8O3S. The molecule has 1 N–H and O–H groups in total. The van der Waals surface area contributed by atoms with Crippen molar-refractivity contribution in [1.29, 1.82) is 0 Å². The van der Waals surface area contributed by atoms with Gasteiger partial charge in [0.05, 0.1) is 6.61 Å². The van der Waals surface area contributed by atoms with Crippen LogP contribution in [0.25, 0.3) is 0 Å². The summed E-state index contributed by atoms with van der Waals surface area (Å²) in [5.74, 6) is 0.596. The summed E-state index contributed by atoms with van der Waals surface area (Å²) in [5, 5.41) is 0. The number of hydrogen-bond donors (Lipinski definition) is 1. The predicted octanol–water partition coefficient (Wildman–Crippen LogP) is 1.20. The van der Waals surface area contributed by atoms with Crippen LogP contribution >= 0.6 is 0 Å². The van der Waals surface area contributed by atoms with Crippen LogP contribution in [0.5, 0.6) is 5.75 Å². The minimum atomic E-state index is -1.94. The van der Waals surface area contributed by atoms with Crippen LogP contribution in [0, 0.1) is 0 Å². The Morgan fingerprint density at radius 3 is 3.08 bits per heavy atom. The Hall–Kier alpha value is -0.870. The summed E-state index contributed by atoms with van der Waals surface area (Å²) in [6.45, 7) is 0.615. The van der Waals surface area contributed by atoms with Gasteiger partial charge < -0.3 is 9.29 Å². The van der Waals surface area contributed by atoms with Gasteiger partial charge in [-0.05, 0) is 11.6 Å². The Bertz CT molecular complexity index is 335. The molecule has 0 fully saturated rings. The highest BCUT2D eigenvalue weighted by atomic mass is 32.2. The van der Waals surface area contributed by atoms with Gasteiger partial charge in [0.2, 0.25) is 0 Å². The molecule has 0 amide bonds. The van der Waals surface area contributed by atoms with Crippen molar-refractivity contribution in [1.82, 2.24) is 0 Å². The summed E-state index contributed by atoms with van der Waals surface area (Å²) in [7, 11) is 0. The molecule has 0 radical (unpaired) electrons. The van der Waals surface area contributed by atoms with E-state index in [1.165, 1.54) is 0 Å². The monoisotopic (exact) mass is 184 g/mol. The number of benzene rings is 1. The molecule has 1 heterocycles. The van der Waals surface area contributed by atoms with E-state index in [9.17, 15) is 4.21 Å². The maximum absolute atomic E-state index is 10.8. The Morgan fingerprint density at radius 2 is 2.33 bits per heavy atom. The minimum absolute atomic E-state index is 0.380. The van der Waals surface area contributed by atoms with Crippen molar-refractivity contribution in [2.45, 2.75) is 11.3 Å². The molecule has 4 heteroatoms. The average molecular weight is 184 g/mol. The van der Waals surface area contributed by atoms with E-state index in [1.54, 1.807) is 12.1 Å². The van der Waals surface area contributed by atoms with E-state index >= 15 is 0 Å². The fraction of sp³-hybridized carbons (Fsp3) is 0.250. The van der Waals surface area contributed by atoms with Crippen molar-refractivity contribution >= 4 is 11.1 Å². The standard InChI is InChI=1S/C8H8O3S/c9-12(10)7-3-1-2-6-4-5-11-8(6)7/h1-3H,4-5H2,(H,9,10). The van der Waals surface area contributed by atoms with E-state index in [4.69, 9.17) is 9.29 Å². The normalized spacial score (nSPS) is 16.8. The van der Waals surface area contributed by atoms with Crippen molar-refractivity contribution < 1.29 is 13.5 Å². The zero-order chi connectivity index (χ0) is 8.55. The van der Waals surface area contributed by atoms with Crippen molar-refractivity contribution in [3.63, 3.8) is 0 Å². The van der Waals surface area contributed by atoms with Gasteiger partial charge in [0, 0.05) is 6.42 Å². The van der Waals surface area contributed by atoms with Crippen LogP contribution < -0.4 is 4.74 Å². The first-order chi connectivity index (χ1) is 5.79. The first-order valence-corrected chi connectivity index (χ1v) is 4.75. The SMILES string of the molecule is O=S(O)c1cccc2c1OCC2. The van der Waals surface area contributed by atoms with Crippen LogP contribution in [0.15, 0.2) is 23.1 Å². The van der Waals surface area contributed by atoms with Gasteiger partial charge in [-0.2, -0.15) is 0 Å². The highest BCUT2D eigenvalue weighted by Gasteiger charge is 2.18. The number of fused-ring (bicyclic) bond motifs is 1. The largest absolute Gasteiger partial charge is 0.492 e. The number of rotatable bonds is 1. The second kappa shape index (κ2) is 2.88. The van der Waals surface area contributed by atoms with Crippen LogP contribution in [0.2, 0.25) is 0 Å². The third-order valence-corrected chi connectivity index (χ3v) is 2.56. The lowest BCUT2D eigenvalue weighted by Crippen LogP contribution is -1.93. The lowest BCUT2D eigenvalue weighted by atomic mass is 10.2. The van der Waals surface area contributed by atoms with E-state index in [0.717, 1.165) is 12.0 Å². The highest BCUT2D eigenvalue weighted by molar-refractivity contribution is 7.79. The van der Waals surface area contributed by atoms with Crippen molar-refractivity contribution in [2.24, 2.45) is 0 Å². The Kier molecular flexibility index (Phi) is 1.86. The van der Waals surface area contributed by atoms with Gasteiger partial charge in [0.1, 0.15) is 10.6 Å². The predicted molar refractivity (Wildman–Crippen MR) is 44.7 cm³/mol. The second-order valence-electron chi connectivity index (χ2n) is 2.59. The Labute approximate surface area is 72.6 Å². The molecule has 1 unspecified atom stereocenters. The summed E-state index contributed by atoms with van der Waals surface area (Å²) >= 11 is -1.94. The van der Waals surface area contributed by atoms with E-state index in [-0.39, 0.29) is 0 Å². The van der Waals surface area contributed by atoms with Crippen LogP contribution in [0.4, 0.5) is 0 Å². The lowest BCUT2D eigenvalue weighted by Gasteiger charge is -2.02. The molecule has 64 valence electrons. The molecule has 1 aliphatic rings. The zero-order valence-electron chi connectivity index (χ0n) is 6.32. The van der Waals surface area contributed by atoms with Crippen LogP contribution in [-0.2, 0) is 17.5 Å². The molecule has 0 aromatic heterocycles. The topological polar surface area (TPSA) is 46.5 Å². The van der Waals surface area contributed by atoms with Gasteiger partial charge in [-0.15, -0.1) is 0 Å². The third kappa shape index (κ3) is 1.13. The van der Waals surface area contributed by atoms with Gasteiger partial charge >= 0.3 is 0 Å². The molecule has 2 rings (SSSR count). The molecule has 0 bridgehead atoms. The Balaban J connectivity index is 2.56. The molecule has 0 spiro atoms. The van der Waals surface area contributed by atoms with E-state index in [1.807, 2.05) is 6.07 Å². The number of para-hydroxylation sites is 1. The quantitative estimate of drug-likeness (QED) is 0.667. The first kappa shape index (κ1) is 7.76. The van der Waals surface area contributed by atoms with Crippen molar-refractivity contribution in [3.8, 4) is 5.75 Å². The summed E-state index contributed by atoms with van der Waals surface area (Å²) in [4.78, 5) is 0.380. The van der Waals surface area contributed by atoms with E-state index in [0.29, 0.717) is 17.3 Å². The van der Waals surface area contributed by atoms with Gasteiger partial charge in [-0.25, -0.2) is 4.21 Å². The summed E-state index contributed by atoms with van der Waals surface area (Å²) < 4.78 is 24.9. The number of hydrogen-bond acceptors (Lipinski definition) is 2. The van der Waals surface area contributed by atoms with Crippen LogP contribution in [0.1, 0.15) is 5.56 Å². The van der Waals surface area contributed by atoms with Gasteiger partial charge in [-0.1, -0.05) is 12.1 Å². The maximum Gasteiger partial charge on any atom is 0.190 e. The zero-order valence-corrected chi connectivity index (χ0v) is 7.13. The summed E-state index contributed by atoms with van der Waals surface area (Å²) in [6, 6.07) is 5.30. The van der Waals surface area contributed by atoms with E-state index in [2.05, 4.69) is 0 Å². The van der Waals surface area contributed by atoms with Crippen molar-refractivity contribution in [2.75, 3.05) is 6.61 Å². The molecule has 0 aliphatic carbocycles. The molecule has 1 atom stereocenters. The van der Waals surface area contributed by atoms with Gasteiger partial charge in [0.15, 0.2) is 11.1 Å². The maximum atomic E-state index is 10.8. The number of ether oxygens (including phenoxy) is 1. The molecule has 1 aromatic carbocycles. The third-order valence-electron chi connectivity index (χ3n) is 1.87.